The van der Waals surface area contributed by atoms with Crippen LogP contribution in [0, 0.1) is 17.6 Å². The van der Waals surface area contributed by atoms with Gasteiger partial charge < -0.3 is 0 Å². The first-order chi connectivity index (χ1) is 8.08. The van der Waals surface area contributed by atoms with Crippen molar-refractivity contribution in [1.82, 2.24) is 5.43 Å². The van der Waals surface area contributed by atoms with Gasteiger partial charge in [-0.25, -0.2) is 8.78 Å². The predicted octanol–water partition coefficient (Wildman–Crippen LogP) is 2.78. The first-order valence-corrected chi connectivity index (χ1v) is 5.98. The number of halogens is 2. The molecule has 0 fully saturated rings. The zero-order valence-corrected chi connectivity index (χ0v) is 10.3. The minimum atomic E-state index is -0.551. The monoisotopic (exact) mass is 242 g/mol. The van der Waals surface area contributed by atoms with E-state index in [0.717, 1.165) is 18.9 Å². The van der Waals surface area contributed by atoms with E-state index >= 15 is 0 Å². The highest BCUT2D eigenvalue weighted by molar-refractivity contribution is 5.19. The molecule has 17 heavy (non-hydrogen) atoms. The van der Waals surface area contributed by atoms with Gasteiger partial charge in [0.25, 0.3) is 0 Å². The zero-order valence-electron chi connectivity index (χ0n) is 10.3. The highest BCUT2D eigenvalue weighted by Gasteiger charge is 2.17. The van der Waals surface area contributed by atoms with Crippen LogP contribution in [0.25, 0.3) is 0 Å². The lowest BCUT2D eigenvalue weighted by Crippen LogP contribution is -2.41. The van der Waals surface area contributed by atoms with Crippen molar-refractivity contribution in [2.45, 2.75) is 39.2 Å². The Labute approximate surface area is 101 Å². The SMILES string of the molecule is CCCC(C)C(Cc1ccc(F)cc1F)NN. The van der Waals surface area contributed by atoms with Gasteiger partial charge in [0.05, 0.1) is 0 Å². The highest BCUT2D eigenvalue weighted by atomic mass is 19.1. The van der Waals surface area contributed by atoms with Crippen LogP contribution >= 0.6 is 0 Å². The van der Waals surface area contributed by atoms with E-state index in [2.05, 4.69) is 19.3 Å². The molecule has 0 saturated heterocycles. The van der Waals surface area contributed by atoms with Gasteiger partial charge >= 0.3 is 0 Å². The number of rotatable bonds is 6. The zero-order chi connectivity index (χ0) is 12.8. The topological polar surface area (TPSA) is 38.0 Å². The van der Waals surface area contributed by atoms with Gasteiger partial charge in [0.2, 0.25) is 0 Å². The molecule has 0 bridgehead atoms. The van der Waals surface area contributed by atoms with E-state index in [1.807, 2.05) is 0 Å². The van der Waals surface area contributed by atoms with Crippen LogP contribution in [0.2, 0.25) is 0 Å². The minimum absolute atomic E-state index is 0.00918. The van der Waals surface area contributed by atoms with Crippen molar-refractivity contribution in [3.63, 3.8) is 0 Å². The number of nitrogens with two attached hydrogens (primary N) is 1. The van der Waals surface area contributed by atoms with E-state index in [1.54, 1.807) is 0 Å². The normalized spacial score (nSPS) is 14.6. The van der Waals surface area contributed by atoms with E-state index in [1.165, 1.54) is 12.1 Å². The second-order valence-corrected chi connectivity index (χ2v) is 4.48. The largest absolute Gasteiger partial charge is 0.271 e. The molecule has 0 amide bonds. The summed E-state index contributed by atoms with van der Waals surface area (Å²) < 4.78 is 26.3. The van der Waals surface area contributed by atoms with Crippen LogP contribution in [-0.4, -0.2) is 6.04 Å². The van der Waals surface area contributed by atoms with E-state index in [4.69, 9.17) is 5.84 Å². The fourth-order valence-electron chi connectivity index (χ4n) is 2.01. The molecule has 96 valence electrons. The van der Waals surface area contributed by atoms with E-state index in [-0.39, 0.29) is 6.04 Å². The maximum absolute atomic E-state index is 13.5. The fourth-order valence-corrected chi connectivity index (χ4v) is 2.01. The van der Waals surface area contributed by atoms with Crippen LogP contribution in [0.15, 0.2) is 18.2 Å². The molecule has 0 aliphatic rings. The molecule has 0 spiro atoms. The van der Waals surface area contributed by atoms with Crippen LogP contribution in [0.4, 0.5) is 8.78 Å². The third kappa shape index (κ3) is 4.06. The third-order valence-electron chi connectivity index (χ3n) is 3.10. The fraction of sp³-hybridized carbons (Fsp3) is 0.538. The number of benzene rings is 1. The van der Waals surface area contributed by atoms with Gasteiger partial charge in [0.15, 0.2) is 0 Å². The Bertz CT molecular complexity index is 355. The molecule has 4 heteroatoms. The van der Waals surface area contributed by atoms with Crippen LogP contribution in [0.3, 0.4) is 0 Å². The van der Waals surface area contributed by atoms with Crippen molar-refractivity contribution in [3.05, 3.63) is 35.4 Å². The van der Waals surface area contributed by atoms with Crippen molar-refractivity contribution < 1.29 is 8.78 Å². The number of hydrazine groups is 1. The second kappa shape index (κ2) is 6.67. The van der Waals surface area contributed by atoms with Crippen LogP contribution in [0.5, 0.6) is 0 Å². The van der Waals surface area contributed by atoms with Crippen molar-refractivity contribution in [2.24, 2.45) is 11.8 Å². The molecule has 2 atom stereocenters. The number of nitrogens with one attached hydrogen (secondary N) is 1. The van der Waals surface area contributed by atoms with Gasteiger partial charge in [-0.05, 0) is 30.4 Å². The lowest BCUT2D eigenvalue weighted by Gasteiger charge is -2.23. The average Bonchev–Trinajstić information content (AvgIpc) is 2.28. The molecule has 2 nitrogen and oxygen atoms in total. The Kier molecular flexibility index (Phi) is 5.51. The second-order valence-electron chi connectivity index (χ2n) is 4.48. The Hall–Kier alpha value is -1.00. The summed E-state index contributed by atoms with van der Waals surface area (Å²) in [5.74, 6) is 4.78. The lowest BCUT2D eigenvalue weighted by atomic mass is 9.92. The summed E-state index contributed by atoms with van der Waals surface area (Å²) in [7, 11) is 0. The molecule has 0 aliphatic heterocycles. The summed E-state index contributed by atoms with van der Waals surface area (Å²) in [6, 6.07) is 3.67. The van der Waals surface area contributed by atoms with Gasteiger partial charge in [-0.1, -0.05) is 26.3 Å². The average molecular weight is 242 g/mol. The Morgan fingerprint density at radius 1 is 1.35 bits per heavy atom. The summed E-state index contributed by atoms with van der Waals surface area (Å²) in [6.07, 6.45) is 2.56. The van der Waals surface area contributed by atoms with Crippen LogP contribution in [-0.2, 0) is 6.42 Å². The molecule has 1 aromatic rings. The smallest absolute Gasteiger partial charge is 0.129 e. The summed E-state index contributed by atoms with van der Waals surface area (Å²) in [4.78, 5) is 0. The maximum atomic E-state index is 13.5. The van der Waals surface area contributed by atoms with Gasteiger partial charge in [-0.3, -0.25) is 11.3 Å². The van der Waals surface area contributed by atoms with Crippen LogP contribution in [0.1, 0.15) is 32.3 Å². The van der Waals surface area contributed by atoms with Crippen LogP contribution < -0.4 is 11.3 Å². The van der Waals surface area contributed by atoms with E-state index < -0.39 is 11.6 Å². The standard InChI is InChI=1S/C13H20F2N2/c1-3-4-9(2)13(17-16)7-10-5-6-11(14)8-12(10)15/h5-6,8-9,13,17H,3-4,7,16H2,1-2H3. The van der Waals surface area contributed by atoms with Gasteiger partial charge in [-0.2, -0.15) is 0 Å². The molecule has 0 aliphatic carbocycles. The lowest BCUT2D eigenvalue weighted by molar-refractivity contribution is 0.353. The molecule has 0 aromatic heterocycles. The third-order valence-corrected chi connectivity index (χ3v) is 3.10. The highest BCUT2D eigenvalue weighted by Crippen LogP contribution is 2.17. The number of hydrogen-bond acceptors (Lipinski definition) is 2. The van der Waals surface area contributed by atoms with E-state index in [0.29, 0.717) is 17.9 Å². The van der Waals surface area contributed by atoms with E-state index in [9.17, 15) is 8.78 Å². The molecule has 0 radical (unpaired) electrons. The molecule has 1 rings (SSSR count). The molecule has 3 N–H and O–H groups in total. The van der Waals surface area contributed by atoms with Gasteiger partial charge in [0.1, 0.15) is 11.6 Å². The molecular formula is C13H20F2N2. The quantitative estimate of drug-likeness (QED) is 0.594. The number of hydrogen-bond donors (Lipinski definition) is 2. The maximum Gasteiger partial charge on any atom is 0.129 e. The van der Waals surface area contributed by atoms with Crippen molar-refractivity contribution >= 4 is 0 Å². The van der Waals surface area contributed by atoms with Gasteiger partial charge in [-0.15, -0.1) is 0 Å². The van der Waals surface area contributed by atoms with Crippen molar-refractivity contribution in [2.75, 3.05) is 0 Å². The Balaban J connectivity index is 2.73. The molecule has 1 aromatic carbocycles. The molecule has 0 heterocycles. The molecule has 2 unspecified atom stereocenters. The first kappa shape index (κ1) is 14.1. The molecule has 0 saturated carbocycles. The minimum Gasteiger partial charge on any atom is -0.271 e. The van der Waals surface area contributed by atoms with Crippen molar-refractivity contribution in [3.8, 4) is 0 Å². The van der Waals surface area contributed by atoms with Gasteiger partial charge in [0, 0.05) is 12.1 Å². The Morgan fingerprint density at radius 3 is 2.59 bits per heavy atom. The summed E-state index contributed by atoms with van der Waals surface area (Å²) in [6.45, 7) is 4.18. The summed E-state index contributed by atoms with van der Waals surface area (Å²) >= 11 is 0. The predicted molar refractivity (Wildman–Crippen MR) is 65.2 cm³/mol. The summed E-state index contributed by atoms with van der Waals surface area (Å²) in [5, 5.41) is 0. The summed E-state index contributed by atoms with van der Waals surface area (Å²) in [5.41, 5.74) is 3.21. The Morgan fingerprint density at radius 2 is 2.06 bits per heavy atom. The van der Waals surface area contributed by atoms with Crippen molar-refractivity contribution in [1.29, 1.82) is 0 Å². The first-order valence-electron chi connectivity index (χ1n) is 5.98. The molecular weight excluding hydrogens is 222 g/mol.